The number of fused-ring (bicyclic) bond motifs is 1. The highest BCUT2D eigenvalue weighted by molar-refractivity contribution is 6.00. The maximum Gasteiger partial charge on any atom is 0.408 e. The number of carbonyl (C=O) groups excluding carboxylic acids is 1. The molecule has 2 heterocycles. The molecule has 3 rings (SSSR count). The average molecular weight is 371 g/mol. The number of amides is 2. The second-order valence-electron chi connectivity index (χ2n) is 7.58. The van der Waals surface area contributed by atoms with E-state index in [0.29, 0.717) is 5.82 Å². The summed E-state index contributed by atoms with van der Waals surface area (Å²) in [6.45, 7) is 5.48. The molecule has 1 aromatic carbocycles. The van der Waals surface area contributed by atoms with Gasteiger partial charge < -0.3 is 5.11 Å². The van der Waals surface area contributed by atoms with Gasteiger partial charge in [-0.3, -0.25) is 14.6 Å². The summed E-state index contributed by atoms with van der Waals surface area (Å²) < 4.78 is 13.2. The Labute approximate surface area is 157 Å². The van der Waals surface area contributed by atoms with Gasteiger partial charge in [0.05, 0.1) is 6.54 Å². The topological polar surface area (TPSA) is 73.7 Å². The molecule has 2 amide bonds. The van der Waals surface area contributed by atoms with E-state index < -0.39 is 17.7 Å². The van der Waals surface area contributed by atoms with Crippen molar-refractivity contribution in [2.45, 2.75) is 45.3 Å². The number of halogens is 1. The number of carbonyl (C=O) groups is 2. The number of pyridine rings is 1. The molecule has 1 aromatic heterocycles. The van der Waals surface area contributed by atoms with Gasteiger partial charge in [0.15, 0.2) is 0 Å². The van der Waals surface area contributed by atoms with E-state index in [1.54, 1.807) is 45.2 Å². The van der Waals surface area contributed by atoms with Crippen LogP contribution >= 0.6 is 0 Å². The Kier molecular flexibility index (Phi) is 4.87. The summed E-state index contributed by atoms with van der Waals surface area (Å²) >= 11 is 0. The Bertz CT molecular complexity index is 862. The summed E-state index contributed by atoms with van der Waals surface area (Å²) in [5.41, 5.74) is 0.798. The van der Waals surface area contributed by atoms with Crippen molar-refractivity contribution in [3.8, 4) is 0 Å². The molecule has 0 saturated heterocycles. The summed E-state index contributed by atoms with van der Waals surface area (Å²) in [7, 11) is 0. The summed E-state index contributed by atoms with van der Waals surface area (Å²) in [5, 5.41) is 9.73. The van der Waals surface area contributed by atoms with Crippen molar-refractivity contribution in [1.82, 2.24) is 9.88 Å². The zero-order valence-corrected chi connectivity index (χ0v) is 15.5. The van der Waals surface area contributed by atoms with E-state index >= 15 is 0 Å². The molecule has 142 valence electrons. The van der Waals surface area contributed by atoms with Crippen molar-refractivity contribution < 1.29 is 19.1 Å². The number of benzene rings is 1. The Morgan fingerprint density at radius 3 is 2.56 bits per heavy atom. The molecule has 0 fully saturated rings. The first-order valence-electron chi connectivity index (χ1n) is 8.70. The van der Waals surface area contributed by atoms with Gasteiger partial charge in [-0.15, -0.1) is 0 Å². The highest BCUT2D eigenvalue weighted by Gasteiger charge is 2.43. The largest absolute Gasteiger partial charge is 0.465 e. The van der Waals surface area contributed by atoms with Crippen LogP contribution < -0.4 is 4.90 Å². The molecule has 6 nitrogen and oxygen atoms in total. The van der Waals surface area contributed by atoms with Gasteiger partial charge in [-0.1, -0.05) is 18.2 Å². The number of rotatable bonds is 3. The van der Waals surface area contributed by atoms with Crippen molar-refractivity contribution in [3.63, 3.8) is 0 Å². The molecule has 0 saturated carbocycles. The molecule has 0 radical (unpaired) electrons. The van der Waals surface area contributed by atoms with Crippen molar-refractivity contribution >= 4 is 17.8 Å². The van der Waals surface area contributed by atoms with Crippen molar-refractivity contribution in [3.05, 3.63) is 59.5 Å². The van der Waals surface area contributed by atoms with Crippen LogP contribution in [0.2, 0.25) is 0 Å². The Hall–Kier alpha value is -2.96. The lowest BCUT2D eigenvalue weighted by Crippen LogP contribution is -2.60. The molecule has 1 N–H and O–H groups in total. The molecular formula is C20H22FN3O3. The van der Waals surface area contributed by atoms with Crippen LogP contribution in [0.4, 0.5) is 15.0 Å². The van der Waals surface area contributed by atoms with E-state index in [-0.39, 0.29) is 24.7 Å². The van der Waals surface area contributed by atoms with Gasteiger partial charge in [0.1, 0.15) is 17.7 Å². The van der Waals surface area contributed by atoms with Crippen LogP contribution in [0.5, 0.6) is 0 Å². The van der Waals surface area contributed by atoms with Crippen molar-refractivity contribution in [2.75, 3.05) is 4.90 Å². The molecule has 7 heteroatoms. The van der Waals surface area contributed by atoms with Crippen LogP contribution in [0.3, 0.4) is 0 Å². The van der Waals surface area contributed by atoms with E-state index in [4.69, 9.17) is 0 Å². The van der Waals surface area contributed by atoms with E-state index in [0.717, 1.165) is 11.1 Å². The van der Waals surface area contributed by atoms with E-state index in [1.165, 1.54) is 21.9 Å². The molecule has 2 aromatic rings. The fraction of sp³-hybridized carbons (Fsp3) is 0.350. The molecule has 0 spiro atoms. The Morgan fingerprint density at radius 1 is 1.30 bits per heavy atom. The lowest BCUT2D eigenvalue weighted by atomic mass is 9.94. The smallest absolute Gasteiger partial charge is 0.408 e. The average Bonchev–Trinajstić information content (AvgIpc) is 2.58. The minimum Gasteiger partial charge on any atom is -0.465 e. The number of carboxylic acid groups (broad SMARTS) is 1. The summed E-state index contributed by atoms with van der Waals surface area (Å²) in [4.78, 5) is 32.2. The number of hydrogen-bond acceptors (Lipinski definition) is 3. The van der Waals surface area contributed by atoms with Gasteiger partial charge in [0.25, 0.3) is 5.91 Å². The number of hydrogen-bond donors (Lipinski definition) is 1. The maximum absolute atomic E-state index is 13.3. The summed E-state index contributed by atoms with van der Waals surface area (Å²) in [5.74, 6) is -0.171. The first-order valence-corrected chi connectivity index (χ1v) is 8.70. The fourth-order valence-corrected chi connectivity index (χ4v) is 3.43. The highest BCUT2D eigenvalue weighted by atomic mass is 19.1. The first kappa shape index (κ1) is 18.8. The Morgan fingerprint density at radius 2 is 1.96 bits per heavy atom. The van der Waals surface area contributed by atoms with Crippen LogP contribution in [0, 0.1) is 5.82 Å². The third-order valence-electron chi connectivity index (χ3n) is 4.58. The van der Waals surface area contributed by atoms with E-state index in [9.17, 15) is 19.1 Å². The summed E-state index contributed by atoms with van der Waals surface area (Å²) in [6, 6.07) is 8.64. The monoisotopic (exact) mass is 371 g/mol. The predicted octanol–water partition coefficient (Wildman–Crippen LogP) is 3.46. The molecule has 1 aliphatic heterocycles. The van der Waals surface area contributed by atoms with Gasteiger partial charge in [-0.25, -0.2) is 14.2 Å². The van der Waals surface area contributed by atoms with Gasteiger partial charge in [-0.2, -0.15) is 0 Å². The van der Waals surface area contributed by atoms with Crippen LogP contribution in [0.25, 0.3) is 0 Å². The zero-order valence-electron chi connectivity index (χ0n) is 15.5. The minimum atomic E-state index is -1.14. The highest BCUT2D eigenvalue weighted by Crippen LogP contribution is 2.32. The molecule has 1 atom stereocenters. The Balaban J connectivity index is 2.02. The van der Waals surface area contributed by atoms with Gasteiger partial charge in [-0.05, 0) is 50.1 Å². The van der Waals surface area contributed by atoms with Crippen LogP contribution in [0.15, 0.2) is 42.6 Å². The number of nitrogens with zero attached hydrogens (tertiary/aromatic N) is 3. The molecular weight excluding hydrogens is 349 g/mol. The zero-order chi connectivity index (χ0) is 19.8. The van der Waals surface area contributed by atoms with Crippen LogP contribution in [-0.2, 0) is 17.8 Å². The quantitative estimate of drug-likeness (QED) is 0.897. The molecule has 27 heavy (non-hydrogen) atoms. The summed E-state index contributed by atoms with van der Waals surface area (Å²) in [6.07, 6.45) is 0.726. The van der Waals surface area contributed by atoms with Crippen molar-refractivity contribution in [1.29, 1.82) is 0 Å². The minimum absolute atomic E-state index is 0.192. The molecule has 1 aliphatic rings. The van der Waals surface area contributed by atoms with E-state index in [1.807, 2.05) is 6.07 Å². The second-order valence-corrected chi connectivity index (χ2v) is 7.58. The normalized spacial score (nSPS) is 16.8. The third-order valence-corrected chi connectivity index (χ3v) is 4.58. The predicted molar refractivity (Wildman–Crippen MR) is 98.9 cm³/mol. The van der Waals surface area contributed by atoms with Gasteiger partial charge >= 0.3 is 6.09 Å². The third kappa shape index (κ3) is 3.77. The van der Waals surface area contributed by atoms with Crippen LogP contribution in [-0.4, -0.2) is 38.6 Å². The lowest BCUT2D eigenvalue weighted by Gasteiger charge is -2.43. The first-order chi connectivity index (χ1) is 12.7. The van der Waals surface area contributed by atoms with Gasteiger partial charge in [0, 0.05) is 18.2 Å². The molecule has 0 bridgehead atoms. The maximum atomic E-state index is 13.3. The van der Waals surface area contributed by atoms with Crippen LogP contribution in [0.1, 0.15) is 31.9 Å². The molecule has 0 aliphatic carbocycles. The fourth-order valence-electron chi connectivity index (χ4n) is 3.43. The second kappa shape index (κ2) is 6.98. The van der Waals surface area contributed by atoms with Gasteiger partial charge in [0.2, 0.25) is 0 Å². The lowest BCUT2D eigenvalue weighted by molar-refractivity contribution is -0.125. The van der Waals surface area contributed by atoms with Crippen molar-refractivity contribution in [2.24, 2.45) is 0 Å². The number of aromatic nitrogens is 1. The molecule has 1 unspecified atom stereocenters. The SMILES string of the molecule is CC(C)(C)N(C(=O)O)C1Cc2cccnc2N(Cc2ccc(F)cc2)C1=O. The number of anilines is 1. The van der Waals surface area contributed by atoms with E-state index in [2.05, 4.69) is 4.98 Å². The standard InChI is InChI=1S/C20H22FN3O3/c1-20(2,3)24(19(26)27)16-11-14-5-4-10-22-17(14)23(18(16)25)12-13-6-8-15(21)9-7-13/h4-10,16H,11-12H2,1-3H3,(H,26,27).